The fourth-order valence-corrected chi connectivity index (χ4v) is 1.25. The third-order valence-corrected chi connectivity index (χ3v) is 1.99. The number of carbonyl (C=O) groups is 1. The van der Waals surface area contributed by atoms with Gasteiger partial charge in [-0.15, -0.1) is 0 Å². The van der Waals surface area contributed by atoms with Gasteiger partial charge in [0.25, 0.3) is 6.43 Å². The Morgan fingerprint density at radius 1 is 1.41 bits per heavy atom. The highest BCUT2D eigenvalue weighted by atomic mass is 19.3. The van der Waals surface area contributed by atoms with Gasteiger partial charge in [-0.25, -0.2) is 8.78 Å². The lowest BCUT2D eigenvalue weighted by atomic mass is 10.2. The van der Waals surface area contributed by atoms with Gasteiger partial charge in [0.05, 0.1) is 0 Å². The quantitative estimate of drug-likeness (QED) is 0.794. The van der Waals surface area contributed by atoms with E-state index in [0.717, 1.165) is 5.56 Å². The van der Waals surface area contributed by atoms with Crippen molar-refractivity contribution in [2.75, 3.05) is 18.5 Å². The maximum atomic E-state index is 11.8. The molecule has 1 aromatic rings. The SMILES string of the molecule is NCc1ccccc1NC(=O)COCC(F)F. The van der Waals surface area contributed by atoms with Crippen molar-refractivity contribution in [1.29, 1.82) is 0 Å². The number of hydrogen-bond acceptors (Lipinski definition) is 3. The monoisotopic (exact) mass is 244 g/mol. The summed E-state index contributed by atoms with van der Waals surface area (Å²) in [5.41, 5.74) is 6.83. The first-order valence-corrected chi connectivity index (χ1v) is 5.07. The zero-order valence-electron chi connectivity index (χ0n) is 9.16. The predicted octanol–water partition coefficient (Wildman–Crippen LogP) is 1.37. The van der Waals surface area contributed by atoms with E-state index in [4.69, 9.17) is 5.73 Å². The van der Waals surface area contributed by atoms with Crippen molar-refractivity contribution < 1.29 is 18.3 Å². The molecule has 0 saturated heterocycles. The minimum atomic E-state index is -2.57. The smallest absolute Gasteiger partial charge is 0.261 e. The maximum absolute atomic E-state index is 11.8. The van der Waals surface area contributed by atoms with Gasteiger partial charge in [0, 0.05) is 12.2 Å². The molecule has 1 amide bonds. The Labute approximate surface area is 97.8 Å². The van der Waals surface area contributed by atoms with Crippen molar-refractivity contribution >= 4 is 11.6 Å². The van der Waals surface area contributed by atoms with Crippen LogP contribution >= 0.6 is 0 Å². The molecule has 0 saturated carbocycles. The van der Waals surface area contributed by atoms with Crippen LogP contribution in [0.3, 0.4) is 0 Å². The van der Waals surface area contributed by atoms with Crippen molar-refractivity contribution in [2.45, 2.75) is 13.0 Å². The Balaban J connectivity index is 2.45. The molecule has 17 heavy (non-hydrogen) atoms. The Morgan fingerprint density at radius 2 is 2.12 bits per heavy atom. The van der Waals surface area contributed by atoms with Crippen molar-refractivity contribution in [3.8, 4) is 0 Å². The lowest BCUT2D eigenvalue weighted by molar-refractivity contribution is -0.121. The van der Waals surface area contributed by atoms with E-state index in [1.807, 2.05) is 0 Å². The molecule has 0 atom stereocenters. The van der Waals surface area contributed by atoms with Gasteiger partial charge < -0.3 is 15.8 Å². The molecule has 0 radical (unpaired) electrons. The van der Waals surface area contributed by atoms with Crippen LogP contribution in [0, 0.1) is 0 Å². The maximum Gasteiger partial charge on any atom is 0.261 e. The summed E-state index contributed by atoms with van der Waals surface area (Å²) < 4.78 is 28.0. The largest absolute Gasteiger partial charge is 0.366 e. The normalized spacial score (nSPS) is 10.6. The first kappa shape index (κ1) is 13.5. The van der Waals surface area contributed by atoms with E-state index in [0.29, 0.717) is 5.69 Å². The number of ether oxygens (including phenoxy) is 1. The highest BCUT2D eigenvalue weighted by Gasteiger charge is 2.08. The molecule has 0 aliphatic rings. The highest BCUT2D eigenvalue weighted by molar-refractivity contribution is 5.92. The zero-order chi connectivity index (χ0) is 12.7. The van der Waals surface area contributed by atoms with Gasteiger partial charge in [-0.1, -0.05) is 18.2 Å². The summed E-state index contributed by atoms with van der Waals surface area (Å²) in [6, 6.07) is 7.00. The topological polar surface area (TPSA) is 64.3 Å². The lowest BCUT2D eigenvalue weighted by Gasteiger charge is -2.09. The second kappa shape index (κ2) is 6.93. The zero-order valence-corrected chi connectivity index (χ0v) is 9.16. The molecule has 0 spiro atoms. The van der Waals surface area contributed by atoms with E-state index in [1.165, 1.54) is 0 Å². The van der Waals surface area contributed by atoms with E-state index in [-0.39, 0.29) is 6.54 Å². The van der Waals surface area contributed by atoms with Crippen LogP contribution in [-0.2, 0) is 16.1 Å². The molecule has 0 fully saturated rings. The van der Waals surface area contributed by atoms with Crippen molar-refractivity contribution in [2.24, 2.45) is 5.73 Å². The molecular weight excluding hydrogens is 230 g/mol. The van der Waals surface area contributed by atoms with E-state index in [1.54, 1.807) is 24.3 Å². The van der Waals surface area contributed by atoms with Crippen molar-refractivity contribution in [3.63, 3.8) is 0 Å². The summed E-state index contributed by atoms with van der Waals surface area (Å²) in [5.74, 6) is -0.480. The molecule has 1 rings (SSSR count). The van der Waals surface area contributed by atoms with Crippen LogP contribution in [0.15, 0.2) is 24.3 Å². The molecule has 0 heterocycles. The van der Waals surface area contributed by atoms with Crippen LogP contribution in [0.4, 0.5) is 14.5 Å². The summed E-state index contributed by atoms with van der Waals surface area (Å²) in [6.07, 6.45) is -2.57. The van der Waals surface area contributed by atoms with Crippen LogP contribution in [0.2, 0.25) is 0 Å². The summed E-state index contributed by atoms with van der Waals surface area (Å²) in [4.78, 5) is 11.3. The Hall–Kier alpha value is -1.53. The Kier molecular flexibility index (Phi) is 5.51. The predicted molar refractivity (Wildman–Crippen MR) is 59.8 cm³/mol. The molecule has 4 nitrogen and oxygen atoms in total. The fourth-order valence-electron chi connectivity index (χ4n) is 1.25. The van der Waals surface area contributed by atoms with E-state index >= 15 is 0 Å². The number of rotatable bonds is 6. The number of benzene rings is 1. The number of nitrogens with one attached hydrogen (secondary N) is 1. The molecule has 0 aliphatic heterocycles. The van der Waals surface area contributed by atoms with Gasteiger partial charge in [0.1, 0.15) is 13.2 Å². The van der Waals surface area contributed by atoms with Gasteiger partial charge in [0.15, 0.2) is 0 Å². The molecule has 0 aromatic heterocycles. The van der Waals surface area contributed by atoms with Crippen molar-refractivity contribution in [3.05, 3.63) is 29.8 Å². The van der Waals surface area contributed by atoms with E-state index in [2.05, 4.69) is 10.1 Å². The highest BCUT2D eigenvalue weighted by Crippen LogP contribution is 2.13. The van der Waals surface area contributed by atoms with E-state index in [9.17, 15) is 13.6 Å². The molecule has 0 aliphatic carbocycles. The second-order valence-electron chi connectivity index (χ2n) is 3.32. The minimum Gasteiger partial charge on any atom is -0.366 e. The third-order valence-electron chi connectivity index (χ3n) is 1.99. The van der Waals surface area contributed by atoms with Crippen LogP contribution in [0.5, 0.6) is 0 Å². The van der Waals surface area contributed by atoms with Crippen LogP contribution in [-0.4, -0.2) is 25.5 Å². The molecule has 6 heteroatoms. The van der Waals surface area contributed by atoms with Crippen molar-refractivity contribution in [1.82, 2.24) is 0 Å². The molecule has 0 bridgehead atoms. The van der Waals surface area contributed by atoms with Gasteiger partial charge >= 0.3 is 0 Å². The minimum absolute atomic E-state index is 0.286. The number of para-hydroxylation sites is 1. The van der Waals surface area contributed by atoms with Crippen LogP contribution in [0.25, 0.3) is 0 Å². The van der Waals surface area contributed by atoms with Gasteiger partial charge in [0.2, 0.25) is 5.91 Å². The third kappa shape index (κ3) is 4.88. The molecule has 3 N–H and O–H groups in total. The molecule has 94 valence electrons. The average Bonchev–Trinajstić information content (AvgIpc) is 2.29. The standard InChI is InChI=1S/C11H14F2N2O2/c12-10(13)6-17-7-11(16)15-9-4-2-1-3-8(9)5-14/h1-4,10H,5-7,14H2,(H,15,16). The molecule has 1 aromatic carbocycles. The van der Waals surface area contributed by atoms with E-state index < -0.39 is 25.5 Å². The second-order valence-corrected chi connectivity index (χ2v) is 3.32. The number of hydrogen-bond donors (Lipinski definition) is 2. The summed E-state index contributed by atoms with van der Waals surface area (Å²) >= 11 is 0. The van der Waals surface area contributed by atoms with Crippen LogP contribution in [0.1, 0.15) is 5.56 Å². The lowest BCUT2D eigenvalue weighted by Crippen LogP contribution is -2.21. The number of nitrogens with two attached hydrogens (primary N) is 1. The van der Waals surface area contributed by atoms with Crippen LogP contribution < -0.4 is 11.1 Å². The van der Waals surface area contributed by atoms with Gasteiger partial charge in [-0.05, 0) is 11.6 Å². The van der Waals surface area contributed by atoms with Gasteiger partial charge in [-0.3, -0.25) is 4.79 Å². The first-order chi connectivity index (χ1) is 8.13. The Morgan fingerprint density at radius 3 is 2.76 bits per heavy atom. The average molecular weight is 244 g/mol. The summed E-state index contributed by atoms with van der Waals surface area (Å²) in [7, 11) is 0. The number of halogens is 2. The number of alkyl halides is 2. The number of anilines is 1. The summed E-state index contributed by atoms with van der Waals surface area (Å²) in [5, 5.41) is 2.55. The molecular formula is C11H14F2N2O2. The number of amides is 1. The molecule has 0 unspecified atom stereocenters. The van der Waals surface area contributed by atoms with Gasteiger partial charge in [-0.2, -0.15) is 0 Å². The summed E-state index contributed by atoms with van der Waals surface area (Å²) in [6.45, 7) is -0.858. The Bertz CT molecular complexity index is 372. The number of carbonyl (C=O) groups excluding carboxylic acids is 1. The fraction of sp³-hybridized carbons (Fsp3) is 0.364. The first-order valence-electron chi connectivity index (χ1n) is 5.07.